The van der Waals surface area contributed by atoms with E-state index in [9.17, 15) is 4.79 Å². The number of ether oxygens (including phenoxy) is 1. The van der Waals surface area contributed by atoms with Crippen LogP contribution in [0.2, 0.25) is 0 Å². The molecule has 19 heavy (non-hydrogen) atoms. The van der Waals surface area contributed by atoms with Crippen LogP contribution in [0.5, 0.6) is 0 Å². The van der Waals surface area contributed by atoms with Crippen molar-refractivity contribution in [1.29, 1.82) is 0 Å². The molecular weight excluding hydrogens is 240 g/mol. The van der Waals surface area contributed by atoms with Crippen LogP contribution in [-0.4, -0.2) is 31.8 Å². The number of carbonyl (C=O) groups is 1. The van der Waals surface area contributed by atoms with Gasteiger partial charge in [0.1, 0.15) is 0 Å². The number of nitrogens with one attached hydrogen (secondary N) is 2. The first-order chi connectivity index (χ1) is 8.93. The molecule has 4 heteroatoms. The molecule has 0 aromatic carbocycles. The first kappa shape index (κ1) is 16.3. The third-order valence-electron chi connectivity index (χ3n) is 4.13. The van der Waals surface area contributed by atoms with Crippen LogP contribution < -0.4 is 10.6 Å². The molecule has 1 fully saturated rings. The fourth-order valence-electron chi connectivity index (χ4n) is 3.09. The van der Waals surface area contributed by atoms with Crippen LogP contribution in [0.15, 0.2) is 0 Å². The Labute approximate surface area is 117 Å². The van der Waals surface area contributed by atoms with Gasteiger partial charge in [-0.3, -0.25) is 0 Å². The summed E-state index contributed by atoms with van der Waals surface area (Å²) in [5.74, 6) is 1.92. The molecule has 0 heterocycles. The van der Waals surface area contributed by atoms with Gasteiger partial charge in [0, 0.05) is 13.2 Å². The van der Waals surface area contributed by atoms with Crippen molar-refractivity contribution in [2.75, 3.05) is 13.7 Å². The van der Waals surface area contributed by atoms with Crippen molar-refractivity contribution in [2.24, 2.45) is 17.8 Å². The van der Waals surface area contributed by atoms with E-state index >= 15 is 0 Å². The highest BCUT2D eigenvalue weighted by Crippen LogP contribution is 2.33. The summed E-state index contributed by atoms with van der Waals surface area (Å²) in [6.07, 6.45) is 3.59. The minimum Gasteiger partial charge on any atom is -0.383 e. The minimum absolute atomic E-state index is 0.0449. The van der Waals surface area contributed by atoms with Gasteiger partial charge in [0.2, 0.25) is 0 Å². The van der Waals surface area contributed by atoms with Crippen LogP contribution in [0.1, 0.15) is 47.0 Å². The molecule has 0 radical (unpaired) electrons. The predicted molar refractivity (Wildman–Crippen MR) is 78.1 cm³/mol. The van der Waals surface area contributed by atoms with E-state index in [1.54, 1.807) is 7.11 Å². The van der Waals surface area contributed by atoms with Crippen molar-refractivity contribution in [3.63, 3.8) is 0 Å². The highest BCUT2D eigenvalue weighted by Gasteiger charge is 2.31. The van der Waals surface area contributed by atoms with Gasteiger partial charge in [0.05, 0.1) is 12.6 Å². The van der Waals surface area contributed by atoms with Crippen molar-refractivity contribution >= 4 is 6.03 Å². The number of hydrogen-bond acceptors (Lipinski definition) is 2. The fraction of sp³-hybridized carbons (Fsp3) is 0.933. The third-order valence-corrected chi connectivity index (χ3v) is 4.13. The van der Waals surface area contributed by atoms with Crippen LogP contribution in [0.25, 0.3) is 0 Å². The quantitative estimate of drug-likeness (QED) is 0.807. The molecule has 1 saturated carbocycles. The Morgan fingerprint density at radius 1 is 1.32 bits per heavy atom. The topological polar surface area (TPSA) is 50.4 Å². The summed E-state index contributed by atoms with van der Waals surface area (Å²) in [4.78, 5) is 12.0. The molecule has 0 aromatic rings. The lowest BCUT2D eigenvalue weighted by Crippen LogP contribution is -2.51. The lowest BCUT2D eigenvalue weighted by molar-refractivity contribution is 0.156. The third kappa shape index (κ3) is 5.39. The Kier molecular flexibility index (Phi) is 6.63. The van der Waals surface area contributed by atoms with E-state index in [0.717, 1.165) is 6.42 Å². The molecule has 0 saturated heterocycles. The summed E-state index contributed by atoms with van der Waals surface area (Å²) in [7, 11) is 1.65. The molecule has 2 N–H and O–H groups in total. The second-order valence-corrected chi connectivity index (χ2v) is 6.41. The van der Waals surface area contributed by atoms with E-state index in [0.29, 0.717) is 30.4 Å². The highest BCUT2D eigenvalue weighted by atomic mass is 16.5. The standard InChI is InChI=1S/C15H30N2O2/c1-10(2)13-7-6-11(3)8-14(13)17-15(18)16-12(4)9-19-5/h10-14H,6-9H2,1-5H3,(H2,16,17,18)/t11-,12?,13+,14+/m0/s1. The predicted octanol–water partition coefficient (Wildman–Crippen LogP) is 2.78. The first-order valence-electron chi connectivity index (χ1n) is 7.50. The molecule has 0 spiro atoms. The van der Waals surface area contributed by atoms with E-state index in [1.165, 1.54) is 12.8 Å². The molecule has 1 rings (SSSR count). The van der Waals surface area contributed by atoms with Gasteiger partial charge < -0.3 is 15.4 Å². The van der Waals surface area contributed by atoms with Crippen molar-refractivity contribution in [3.05, 3.63) is 0 Å². The molecule has 1 aliphatic carbocycles. The van der Waals surface area contributed by atoms with Gasteiger partial charge in [-0.05, 0) is 37.5 Å². The number of hydrogen-bond donors (Lipinski definition) is 2. The summed E-state index contributed by atoms with van der Waals surface area (Å²) in [6, 6.07) is 0.288. The summed E-state index contributed by atoms with van der Waals surface area (Å²) in [5.41, 5.74) is 0. The van der Waals surface area contributed by atoms with E-state index in [1.807, 2.05) is 6.92 Å². The largest absolute Gasteiger partial charge is 0.383 e. The maximum absolute atomic E-state index is 12.0. The number of urea groups is 1. The van der Waals surface area contributed by atoms with Gasteiger partial charge in [-0.2, -0.15) is 0 Å². The molecule has 0 bridgehead atoms. The molecule has 112 valence electrons. The molecule has 4 nitrogen and oxygen atoms in total. The lowest BCUT2D eigenvalue weighted by atomic mass is 9.74. The Morgan fingerprint density at radius 2 is 2.00 bits per heavy atom. The zero-order valence-electron chi connectivity index (χ0n) is 13.0. The van der Waals surface area contributed by atoms with E-state index in [4.69, 9.17) is 4.74 Å². The van der Waals surface area contributed by atoms with Gasteiger partial charge in [-0.15, -0.1) is 0 Å². The van der Waals surface area contributed by atoms with Crippen LogP contribution >= 0.6 is 0 Å². The van der Waals surface area contributed by atoms with Crippen molar-refractivity contribution in [1.82, 2.24) is 10.6 Å². The van der Waals surface area contributed by atoms with Crippen LogP contribution in [-0.2, 0) is 4.74 Å². The van der Waals surface area contributed by atoms with Crippen LogP contribution in [0, 0.1) is 17.8 Å². The summed E-state index contributed by atoms with van der Waals surface area (Å²) in [5, 5.41) is 6.09. The van der Waals surface area contributed by atoms with E-state index in [2.05, 4.69) is 31.4 Å². The van der Waals surface area contributed by atoms with E-state index < -0.39 is 0 Å². The molecule has 1 aliphatic rings. The average molecular weight is 270 g/mol. The fourth-order valence-corrected chi connectivity index (χ4v) is 3.09. The van der Waals surface area contributed by atoms with Gasteiger partial charge in [-0.1, -0.05) is 27.2 Å². The smallest absolute Gasteiger partial charge is 0.315 e. The van der Waals surface area contributed by atoms with Gasteiger partial charge in [0.15, 0.2) is 0 Å². The average Bonchev–Trinajstić information content (AvgIpc) is 2.28. The van der Waals surface area contributed by atoms with Crippen LogP contribution in [0.3, 0.4) is 0 Å². The lowest BCUT2D eigenvalue weighted by Gasteiger charge is -2.37. The zero-order valence-corrected chi connectivity index (χ0v) is 13.0. The van der Waals surface area contributed by atoms with Crippen molar-refractivity contribution in [3.8, 4) is 0 Å². The Balaban J connectivity index is 2.49. The molecule has 1 unspecified atom stereocenters. The number of rotatable bonds is 5. The van der Waals surface area contributed by atoms with Crippen LogP contribution in [0.4, 0.5) is 4.79 Å². The zero-order chi connectivity index (χ0) is 14.4. The van der Waals surface area contributed by atoms with Gasteiger partial charge in [0.25, 0.3) is 0 Å². The second-order valence-electron chi connectivity index (χ2n) is 6.41. The summed E-state index contributed by atoms with van der Waals surface area (Å²) in [6.45, 7) is 9.27. The maximum Gasteiger partial charge on any atom is 0.315 e. The van der Waals surface area contributed by atoms with Gasteiger partial charge in [-0.25, -0.2) is 4.79 Å². The second kappa shape index (κ2) is 7.73. The molecule has 2 amide bonds. The molecule has 0 aliphatic heterocycles. The summed E-state index contributed by atoms with van der Waals surface area (Å²) < 4.78 is 5.03. The minimum atomic E-state index is -0.0608. The monoisotopic (exact) mass is 270 g/mol. The Bertz CT molecular complexity index is 281. The Hall–Kier alpha value is -0.770. The Morgan fingerprint density at radius 3 is 2.58 bits per heavy atom. The first-order valence-corrected chi connectivity index (χ1v) is 7.50. The van der Waals surface area contributed by atoms with E-state index in [-0.39, 0.29) is 12.1 Å². The number of carbonyl (C=O) groups excluding carboxylic acids is 1. The summed E-state index contributed by atoms with van der Waals surface area (Å²) >= 11 is 0. The number of methoxy groups -OCH3 is 1. The number of amides is 2. The normalized spacial score (nSPS) is 29.1. The molecule has 4 atom stereocenters. The van der Waals surface area contributed by atoms with Crippen molar-refractivity contribution in [2.45, 2.75) is 59.0 Å². The highest BCUT2D eigenvalue weighted by molar-refractivity contribution is 5.74. The molecular formula is C15H30N2O2. The SMILES string of the molecule is COCC(C)NC(=O)N[C@@H]1C[C@@H](C)CC[C@@H]1C(C)C. The van der Waals surface area contributed by atoms with Crippen molar-refractivity contribution < 1.29 is 9.53 Å². The van der Waals surface area contributed by atoms with Gasteiger partial charge >= 0.3 is 6.03 Å². The molecule has 0 aromatic heterocycles. The maximum atomic E-state index is 12.0.